The molecule has 0 N–H and O–H groups in total. The monoisotopic (exact) mass is 261 g/mol. The normalized spacial score (nSPS) is 15.3. The molecule has 1 atom stereocenters. The molecule has 90 valence electrons. The van der Waals surface area contributed by atoms with Gasteiger partial charge in [-0.25, -0.2) is 0 Å². The molecule has 15 heavy (non-hydrogen) atoms. The highest BCUT2D eigenvalue weighted by molar-refractivity contribution is 7.38. The standard InChI is InChI=1S/C5H5F7O2P/c1-15(13)14-2-3(6,7)4(8,9)5(10,11)12/h2H2,1H3/q+1. The lowest BCUT2D eigenvalue weighted by Gasteiger charge is -2.26. The van der Waals surface area contributed by atoms with Crippen molar-refractivity contribution < 1.29 is 39.8 Å². The van der Waals surface area contributed by atoms with E-state index in [2.05, 4.69) is 4.52 Å². The number of rotatable bonds is 4. The highest BCUT2D eigenvalue weighted by atomic mass is 31.1. The smallest absolute Gasteiger partial charge is 0.197 e. The van der Waals surface area contributed by atoms with Gasteiger partial charge in [0, 0.05) is 0 Å². The van der Waals surface area contributed by atoms with Gasteiger partial charge < -0.3 is 0 Å². The summed E-state index contributed by atoms with van der Waals surface area (Å²) in [5, 5.41) is 0. The van der Waals surface area contributed by atoms with Crippen molar-refractivity contribution in [3.63, 3.8) is 0 Å². The molecule has 0 aliphatic heterocycles. The number of hydrogen-bond acceptors (Lipinski definition) is 2. The van der Waals surface area contributed by atoms with Gasteiger partial charge in [-0.1, -0.05) is 0 Å². The Bertz CT molecular complexity index is 248. The summed E-state index contributed by atoms with van der Waals surface area (Å²) in [5.41, 5.74) is 0. The van der Waals surface area contributed by atoms with Crippen molar-refractivity contribution in [2.24, 2.45) is 0 Å². The first kappa shape index (κ1) is 14.6. The van der Waals surface area contributed by atoms with E-state index in [0.29, 0.717) is 0 Å². The second-order valence-electron chi connectivity index (χ2n) is 2.49. The van der Waals surface area contributed by atoms with E-state index < -0.39 is 32.7 Å². The zero-order valence-corrected chi connectivity index (χ0v) is 8.01. The Labute approximate surface area is 80.3 Å². The first-order valence-electron chi connectivity index (χ1n) is 3.28. The van der Waals surface area contributed by atoms with Gasteiger partial charge in [0.05, 0.1) is 0 Å². The van der Waals surface area contributed by atoms with Gasteiger partial charge in [-0.3, -0.25) is 0 Å². The number of alkyl halides is 7. The SMILES string of the molecule is C[P+](=O)OCC(F)(F)C(F)(F)C(F)(F)F. The van der Waals surface area contributed by atoms with Crippen LogP contribution in [-0.4, -0.2) is 31.3 Å². The maximum Gasteiger partial charge on any atom is 0.505 e. The summed E-state index contributed by atoms with van der Waals surface area (Å²) >= 11 is 0. The molecule has 0 saturated carbocycles. The summed E-state index contributed by atoms with van der Waals surface area (Å²) in [6.07, 6.45) is -6.39. The van der Waals surface area contributed by atoms with E-state index in [9.17, 15) is 35.3 Å². The van der Waals surface area contributed by atoms with Crippen LogP contribution in [-0.2, 0) is 9.09 Å². The van der Waals surface area contributed by atoms with Gasteiger partial charge in [0.25, 0.3) is 0 Å². The lowest BCUT2D eigenvalue weighted by molar-refractivity contribution is -0.358. The van der Waals surface area contributed by atoms with Crippen molar-refractivity contribution in [2.45, 2.75) is 18.0 Å². The minimum Gasteiger partial charge on any atom is -0.197 e. The highest BCUT2D eigenvalue weighted by Crippen LogP contribution is 2.47. The minimum absolute atomic E-state index is 0.747. The largest absolute Gasteiger partial charge is 0.505 e. The third kappa shape index (κ3) is 3.27. The van der Waals surface area contributed by atoms with Crippen LogP contribution in [0.5, 0.6) is 0 Å². The van der Waals surface area contributed by atoms with E-state index in [1.165, 1.54) is 0 Å². The first-order chi connectivity index (χ1) is 6.42. The van der Waals surface area contributed by atoms with Gasteiger partial charge in [-0.2, -0.15) is 30.7 Å². The Morgan fingerprint density at radius 1 is 1.07 bits per heavy atom. The van der Waals surface area contributed by atoms with Crippen molar-refractivity contribution in [1.82, 2.24) is 0 Å². The molecule has 0 rings (SSSR count). The molecule has 0 aliphatic carbocycles. The molecule has 0 aliphatic rings. The third-order valence-corrected chi connectivity index (χ3v) is 1.74. The van der Waals surface area contributed by atoms with Crippen molar-refractivity contribution in [3.8, 4) is 0 Å². The Kier molecular flexibility index (Phi) is 4.09. The maximum atomic E-state index is 12.3. The van der Waals surface area contributed by atoms with Crippen LogP contribution in [0.25, 0.3) is 0 Å². The summed E-state index contributed by atoms with van der Waals surface area (Å²) in [6.45, 7) is -1.51. The maximum absolute atomic E-state index is 12.3. The molecular formula is C5H5F7O2P+. The van der Waals surface area contributed by atoms with E-state index in [-0.39, 0.29) is 0 Å². The molecule has 0 aromatic carbocycles. The fourth-order valence-electron chi connectivity index (χ4n) is 0.470. The lowest BCUT2D eigenvalue weighted by atomic mass is 10.2. The molecule has 0 spiro atoms. The number of halogens is 7. The van der Waals surface area contributed by atoms with Gasteiger partial charge in [0.1, 0.15) is 0 Å². The Morgan fingerprint density at radius 2 is 1.47 bits per heavy atom. The van der Waals surface area contributed by atoms with Gasteiger partial charge in [-0.05, 0) is 4.57 Å². The molecule has 1 unspecified atom stereocenters. The molecule has 2 nitrogen and oxygen atoms in total. The highest BCUT2D eigenvalue weighted by Gasteiger charge is 2.73. The molecule has 0 radical (unpaired) electrons. The van der Waals surface area contributed by atoms with E-state index in [1.54, 1.807) is 0 Å². The Hall–Kier alpha value is -0.430. The van der Waals surface area contributed by atoms with Crippen LogP contribution < -0.4 is 0 Å². The quantitative estimate of drug-likeness (QED) is 0.573. The van der Waals surface area contributed by atoms with Crippen LogP contribution in [0, 0.1) is 0 Å². The van der Waals surface area contributed by atoms with E-state index in [4.69, 9.17) is 0 Å². The van der Waals surface area contributed by atoms with Crippen molar-refractivity contribution in [3.05, 3.63) is 0 Å². The lowest BCUT2D eigenvalue weighted by Crippen LogP contribution is -2.53. The van der Waals surface area contributed by atoms with Crippen LogP contribution in [0.15, 0.2) is 0 Å². The summed E-state index contributed by atoms with van der Waals surface area (Å²) in [5.74, 6) is -11.7. The summed E-state index contributed by atoms with van der Waals surface area (Å²) in [4.78, 5) is 0. The average Bonchev–Trinajstić information content (AvgIpc) is 1.98. The zero-order chi connectivity index (χ0) is 12.5. The van der Waals surface area contributed by atoms with Crippen LogP contribution in [0.4, 0.5) is 30.7 Å². The zero-order valence-electron chi connectivity index (χ0n) is 7.12. The minimum atomic E-state index is -6.39. The predicted octanol–water partition coefficient (Wildman–Crippen LogP) is 3.21. The van der Waals surface area contributed by atoms with Gasteiger partial charge in [0.2, 0.25) is 0 Å². The fraction of sp³-hybridized carbons (Fsp3) is 1.00. The third-order valence-electron chi connectivity index (χ3n) is 1.24. The molecule has 0 fully saturated rings. The summed E-state index contributed by atoms with van der Waals surface area (Å²) in [7, 11) is -2.68. The van der Waals surface area contributed by atoms with Crippen LogP contribution in [0.3, 0.4) is 0 Å². The fourth-order valence-corrected chi connectivity index (χ4v) is 0.814. The molecule has 0 aromatic heterocycles. The summed E-state index contributed by atoms with van der Waals surface area (Å²) < 4.78 is 97.1. The molecule has 0 aromatic rings. The Balaban J connectivity index is 4.77. The van der Waals surface area contributed by atoms with Gasteiger partial charge >= 0.3 is 26.0 Å². The van der Waals surface area contributed by atoms with Gasteiger partial charge in [-0.15, -0.1) is 4.52 Å². The molecule has 0 saturated heterocycles. The molecule has 0 bridgehead atoms. The molecular weight excluding hydrogens is 256 g/mol. The van der Waals surface area contributed by atoms with Crippen LogP contribution in [0.2, 0.25) is 0 Å². The van der Waals surface area contributed by atoms with E-state index >= 15 is 0 Å². The second kappa shape index (κ2) is 4.21. The average molecular weight is 261 g/mol. The number of hydrogen-bond donors (Lipinski definition) is 0. The summed E-state index contributed by atoms with van der Waals surface area (Å²) in [6, 6.07) is 0. The van der Waals surface area contributed by atoms with Crippen molar-refractivity contribution in [1.29, 1.82) is 0 Å². The van der Waals surface area contributed by atoms with Crippen molar-refractivity contribution in [2.75, 3.05) is 13.3 Å². The predicted molar refractivity (Wildman–Crippen MR) is 35.4 cm³/mol. The van der Waals surface area contributed by atoms with E-state index in [1.807, 2.05) is 0 Å². The molecule has 0 heterocycles. The van der Waals surface area contributed by atoms with Crippen LogP contribution >= 0.6 is 8.03 Å². The molecule has 10 heteroatoms. The van der Waals surface area contributed by atoms with E-state index in [0.717, 1.165) is 6.66 Å². The van der Waals surface area contributed by atoms with Crippen LogP contribution in [0.1, 0.15) is 0 Å². The Morgan fingerprint density at radius 3 is 1.73 bits per heavy atom. The first-order valence-corrected chi connectivity index (χ1v) is 4.90. The molecule has 0 amide bonds. The second-order valence-corrected chi connectivity index (χ2v) is 3.63. The van der Waals surface area contributed by atoms with Gasteiger partial charge in [0.15, 0.2) is 13.3 Å². The topological polar surface area (TPSA) is 26.3 Å². The van der Waals surface area contributed by atoms with Crippen molar-refractivity contribution >= 4 is 8.03 Å².